The van der Waals surface area contributed by atoms with Crippen LogP contribution < -0.4 is 0 Å². The zero-order valence-electron chi connectivity index (χ0n) is 7.44. The minimum Gasteiger partial charge on any atom is -0.238 e. The van der Waals surface area contributed by atoms with Crippen LogP contribution in [0.1, 0.15) is 5.56 Å². The van der Waals surface area contributed by atoms with Crippen molar-refractivity contribution in [2.45, 2.75) is 6.42 Å². The monoisotopic (exact) mass is 181 g/mol. The predicted molar refractivity (Wildman–Crippen MR) is 51.1 cm³/mol. The molecule has 0 saturated carbocycles. The summed E-state index contributed by atoms with van der Waals surface area (Å²) in [6.07, 6.45) is 0.422. The normalized spacial score (nSPS) is 8.71. The van der Waals surface area contributed by atoms with Gasteiger partial charge < -0.3 is 0 Å². The van der Waals surface area contributed by atoms with Gasteiger partial charge in [-0.3, -0.25) is 0 Å². The molecule has 0 N–H and O–H groups in total. The lowest BCUT2D eigenvalue weighted by Crippen LogP contribution is -1.97. The van der Waals surface area contributed by atoms with Crippen LogP contribution in [0, 0.1) is 35.2 Å². The van der Waals surface area contributed by atoms with E-state index in [-0.39, 0.29) is 0 Å². The van der Waals surface area contributed by atoms with Crippen molar-refractivity contribution in [3.05, 3.63) is 41.2 Å². The summed E-state index contributed by atoms with van der Waals surface area (Å²) in [6, 6.07) is 10.7. The van der Waals surface area contributed by atoms with Crippen LogP contribution in [0.3, 0.4) is 0 Å². The fraction of sp³-hybridized carbons (Fsp3) is 0.182. The van der Waals surface area contributed by atoms with Gasteiger partial charge in [-0.25, -0.2) is 4.85 Å². The summed E-state index contributed by atoms with van der Waals surface area (Å²) in [5.41, 5.74) is 1.48. The molecule has 0 aliphatic heterocycles. The van der Waals surface area contributed by atoms with Gasteiger partial charge in [-0.2, -0.15) is 10.5 Å². The highest BCUT2D eigenvalue weighted by atomic mass is 14.6. The zero-order valence-corrected chi connectivity index (χ0v) is 7.44. The van der Waals surface area contributed by atoms with Crippen molar-refractivity contribution in [1.82, 2.24) is 0 Å². The van der Waals surface area contributed by atoms with Crippen molar-refractivity contribution in [2.24, 2.45) is 5.92 Å². The van der Waals surface area contributed by atoms with Gasteiger partial charge in [0.05, 0.1) is 18.7 Å². The largest absolute Gasteiger partial charge is 0.238 e. The molecule has 66 valence electrons. The van der Waals surface area contributed by atoms with Crippen LogP contribution in [0.5, 0.6) is 0 Å². The molecule has 0 saturated heterocycles. The lowest BCUT2D eigenvalue weighted by molar-refractivity contribution is 0.834. The molecule has 0 radical (unpaired) electrons. The summed E-state index contributed by atoms with van der Waals surface area (Å²) in [5.74, 6) is -0.603. The van der Waals surface area contributed by atoms with Gasteiger partial charge in [0.1, 0.15) is 5.92 Å². The van der Waals surface area contributed by atoms with Gasteiger partial charge in [-0.1, -0.05) is 24.3 Å². The average Bonchev–Trinajstić information content (AvgIpc) is 2.26. The second kappa shape index (κ2) is 4.65. The molecule has 0 aliphatic rings. The SMILES string of the molecule is [C-]#[N+]c1ccc(CC(C#N)C#N)cc1. The first-order chi connectivity index (χ1) is 6.80. The molecular weight excluding hydrogens is 174 g/mol. The van der Waals surface area contributed by atoms with Crippen LogP contribution in [0.2, 0.25) is 0 Å². The predicted octanol–water partition coefficient (Wildman–Crippen LogP) is 2.44. The summed E-state index contributed by atoms with van der Waals surface area (Å²) in [5, 5.41) is 17.1. The van der Waals surface area contributed by atoms with Crippen molar-refractivity contribution in [3.8, 4) is 12.1 Å². The maximum absolute atomic E-state index is 8.57. The van der Waals surface area contributed by atoms with Gasteiger partial charge in [0.15, 0.2) is 5.69 Å². The van der Waals surface area contributed by atoms with Crippen LogP contribution in [0.25, 0.3) is 4.85 Å². The third-order valence-corrected chi connectivity index (χ3v) is 1.82. The van der Waals surface area contributed by atoms with Gasteiger partial charge in [0, 0.05) is 6.42 Å². The highest BCUT2D eigenvalue weighted by Gasteiger charge is 2.05. The Bertz CT molecular complexity index is 412. The van der Waals surface area contributed by atoms with E-state index >= 15 is 0 Å². The first kappa shape index (κ1) is 9.78. The van der Waals surface area contributed by atoms with Gasteiger partial charge in [-0.15, -0.1) is 0 Å². The fourth-order valence-electron chi connectivity index (χ4n) is 1.06. The summed E-state index contributed by atoms with van der Waals surface area (Å²) >= 11 is 0. The summed E-state index contributed by atoms with van der Waals surface area (Å²) in [7, 11) is 0. The van der Waals surface area contributed by atoms with Gasteiger partial charge >= 0.3 is 0 Å². The number of rotatable bonds is 2. The van der Waals surface area contributed by atoms with Crippen molar-refractivity contribution in [1.29, 1.82) is 10.5 Å². The topological polar surface area (TPSA) is 51.9 Å². The molecule has 0 fully saturated rings. The number of nitriles is 2. The Kier molecular flexibility index (Phi) is 3.25. The molecule has 3 nitrogen and oxygen atoms in total. The first-order valence-corrected chi connectivity index (χ1v) is 4.05. The van der Waals surface area contributed by atoms with Crippen LogP contribution in [0.15, 0.2) is 24.3 Å². The van der Waals surface area contributed by atoms with Gasteiger partial charge in [0.2, 0.25) is 0 Å². The number of hydrogen-bond acceptors (Lipinski definition) is 2. The van der Waals surface area contributed by atoms with E-state index in [1.165, 1.54) is 0 Å². The van der Waals surface area contributed by atoms with Crippen molar-refractivity contribution >= 4 is 5.69 Å². The second-order valence-corrected chi connectivity index (χ2v) is 2.79. The molecule has 1 aromatic rings. The Balaban J connectivity index is 2.77. The molecule has 0 atom stereocenters. The molecular formula is C11H7N3. The molecule has 0 aliphatic carbocycles. The zero-order chi connectivity index (χ0) is 10.4. The van der Waals surface area contributed by atoms with E-state index in [0.29, 0.717) is 12.1 Å². The quantitative estimate of drug-likeness (QED) is 0.658. The Morgan fingerprint density at radius 1 is 1.21 bits per heavy atom. The Morgan fingerprint density at radius 2 is 1.79 bits per heavy atom. The number of hydrogen-bond donors (Lipinski definition) is 0. The third-order valence-electron chi connectivity index (χ3n) is 1.82. The summed E-state index contributed by atoms with van der Waals surface area (Å²) in [4.78, 5) is 3.25. The van der Waals surface area contributed by atoms with E-state index in [4.69, 9.17) is 17.1 Å². The molecule has 1 rings (SSSR count). The lowest BCUT2D eigenvalue weighted by Gasteiger charge is -2.00. The molecule has 3 heteroatoms. The smallest absolute Gasteiger partial charge is 0.187 e. The standard InChI is InChI=1S/C11H7N3/c1-14-11-4-2-9(3-5-11)6-10(7-12)8-13/h2-5,10H,6H2. The third kappa shape index (κ3) is 2.34. The van der Waals surface area contributed by atoms with Crippen LogP contribution in [-0.4, -0.2) is 0 Å². The maximum atomic E-state index is 8.57. The fourth-order valence-corrected chi connectivity index (χ4v) is 1.06. The molecule has 0 bridgehead atoms. The van der Waals surface area contributed by atoms with Gasteiger partial charge in [-0.05, 0) is 5.56 Å². The second-order valence-electron chi connectivity index (χ2n) is 2.79. The number of benzene rings is 1. The number of nitrogens with zero attached hydrogens (tertiary/aromatic N) is 3. The molecule has 0 unspecified atom stereocenters. The minimum absolute atomic E-state index is 0.422. The Labute approximate surface area is 82.6 Å². The van der Waals surface area contributed by atoms with E-state index in [1.54, 1.807) is 24.3 Å². The average molecular weight is 181 g/mol. The van der Waals surface area contributed by atoms with E-state index in [2.05, 4.69) is 4.85 Å². The van der Waals surface area contributed by atoms with E-state index in [9.17, 15) is 0 Å². The molecule has 0 spiro atoms. The summed E-state index contributed by atoms with van der Waals surface area (Å²) < 4.78 is 0. The van der Waals surface area contributed by atoms with Crippen molar-refractivity contribution in [3.63, 3.8) is 0 Å². The van der Waals surface area contributed by atoms with E-state index in [1.807, 2.05) is 12.1 Å². The van der Waals surface area contributed by atoms with Crippen molar-refractivity contribution < 1.29 is 0 Å². The summed E-state index contributed by atoms with van der Waals surface area (Å²) in [6.45, 7) is 6.75. The highest BCUT2D eigenvalue weighted by Crippen LogP contribution is 2.14. The van der Waals surface area contributed by atoms with Crippen LogP contribution >= 0.6 is 0 Å². The highest BCUT2D eigenvalue weighted by molar-refractivity contribution is 5.45. The molecule has 0 aromatic heterocycles. The Morgan fingerprint density at radius 3 is 2.21 bits per heavy atom. The molecule has 14 heavy (non-hydrogen) atoms. The maximum Gasteiger partial charge on any atom is 0.187 e. The minimum atomic E-state index is -0.603. The van der Waals surface area contributed by atoms with Gasteiger partial charge in [0.25, 0.3) is 0 Å². The van der Waals surface area contributed by atoms with E-state index < -0.39 is 5.92 Å². The van der Waals surface area contributed by atoms with E-state index in [0.717, 1.165) is 5.56 Å². The van der Waals surface area contributed by atoms with Crippen LogP contribution in [0.4, 0.5) is 5.69 Å². The first-order valence-electron chi connectivity index (χ1n) is 4.05. The van der Waals surface area contributed by atoms with Crippen LogP contribution in [-0.2, 0) is 6.42 Å². The molecule has 0 amide bonds. The molecule has 0 heterocycles. The molecule has 1 aromatic carbocycles. The lowest BCUT2D eigenvalue weighted by atomic mass is 10.0. The Hall–Kier alpha value is -2.31. The van der Waals surface area contributed by atoms with Crippen molar-refractivity contribution in [2.75, 3.05) is 0 Å².